The first kappa shape index (κ1) is 15.9. The third kappa shape index (κ3) is 4.04. The van der Waals surface area contributed by atoms with E-state index in [1.165, 1.54) is 4.90 Å². The van der Waals surface area contributed by atoms with Crippen LogP contribution in [0.1, 0.15) is 11.1 Å². The van der Waals surface area contributed by atoms with E-state index in [-0.39, 0.29) is 0 Å². The summed E-state index contributed by atoms with van der Waals surface area (Å²) in [5.74, 6) is 0. The molecule has 4 heteroatoms. The Bertz CT molecular complexity index is 739. The molecule has 0 bridgehead atoms. The van der Waals surface area contributed by atoms with Crippen molar-refractivity contribution in [2.45, 2.75) is 13.0 Å². The van der Waals surface area contributed by atoms with Gasteiger partial charge in [-0.2, -0.15) is 0 Å². The quantitative estimate of drug-likeness (QED) is 0.923. The minimum atomic E-state index is -0.932. The molecule has 0 saturated heterocycles. The first-order chi connectivity index (χ1) is 11.7. The Labute approximate surface area is 141 Å². The highest BCUT2D eigenvalue weighted by atomic mass is 16.4. The monoisotopic (exact) mass is 320 g/mol. The van der Waals surface area contributed by atoms with Gasteiger partial charge in [0.15, 0.2) is 0 Å². The Hall–Kier alpha value is -3.01. The molecule has 1 heterocycles. The zero-order chi connectivity index (χ0) is 16.8. The maximum absolute atomic E-state index is 11.7. The molecule has 2 aromatic carbocycles. The van der Waals surface area contributed by atoms with Crippen LogP contribution in [0.3, 0.4) is 0 Å². The van der Waals surface area contributed by atoms with E-state index >= 15 is 0 Å². The Kier molecular flexibility index (Phi) is 4.96. The molecule has 0 aromatic heterocycles. The number of allylic oxidation sites excluding steroid dienone is 3. The number of carboxylic acid groups (broad SMARTS) is 1. The van der Waals surface area contributed by atoms with Gasteiger partial charge in [0.2, 0.25) is 0 Å². The van der Waals surface area contributed by atoms with Crippen LogP contribution in [0.15, 0.2) is 84.7 Å². The van der Waals surface area contributed by atoms with Crippen molar-refractivity contribution in [3.8, 4) is 0 Å². The van der Waals surface area contributed by atoms with Crippen molar-refractivity contribution in [1.29, 1.82) is 0 Å². The van der Waals surface area contributed by atoms with Crippen LogP contribution in [-0.2, 0) is 13.0 Å². The van der Waals surface area contributed by atoms with Crippen molar-refractivity contribution in [3.05, 3.63) is 95.8 Å². The lowest BCUT2D eigenvalue weighted by Gasteiger charge is -2.28. The van der Waals surface area contributed by atoms with Gasteiger partial charge in [0.25, 0.3) is 0 Å². The van der Waals surface area contributed by atoms with Gasteiger partial charge in [-0.3, -0.25) is 4.90 Å². The number of hydrogen-bond acceptors (Lipinski definition) is 2. The van der Waals surface area contributed by atoms with Crippen LogP contribution >= 0.6 is 0 Å². The number of rotatable bonds is 4. The van der Waals surface area contributed by atoms with Crippen LogP contribution < -0.4 is 0 Å². The summed E-state index contributed by atoms with van der Waals surface area (Å²) >= 11 is 0. The van der Waals surface area contributed by atoms with E-state index in [0.29, 0.717) is 19.6 Å². The topological polar surface area (TPSA) is 43.8 Å². The molecule has 2 aromatic rings. The third-order valence-corrected chi connectivity index (χ3v) is 3.94. The number of carbonyl (C=O) groups is 1. The van der Waals surface area contributed by atoms with Crippen molar-refractivity contribution >= 4 is 6.09 Å². The third-order valence-electron chi connectivity index (χ3n) is 3.94. The highest BCUT2D eigenvalue weighted by Crippen LogP contribution is 2.18. The summed E-state index contributed by atoms with van der Waals surface area (Å²) in [5.41, 5.74) is 3.03. The molecule has 1 aliphatic heterocycles. The van der Waals surface area contributed by atoms with Gasteiger partial charge in [0.1, 0.15) is 6.67 Å². The predicted molar refractivity (Wildman–Crippen MR) is 94.1 cm³/mol. The van der Waals surface area contributed by atoms with Gasteiger partial charge in [-0.15, -0.1) is 0 Å². The average molecular weight is 320 g/mol. The van der Waals surface area contributed by atoms with Crippen molar-refractivity contribution in [3.63, 3.8) is 0 Å². The molecule has 3 rings (SSSR count). The summed E-state index contributed by atoms with van der Waals surface area (Å²) in [7, 11) is 0. The lowest BCUT2D eigenvalue weighted by molar-refractivity contribution is 0.135. The van der Waals surface area contributed by atoms with E-state index in [4.69, 9.17) is 0 Å². The summed E-state index contributed by atoms with van der Waals surface area (Å²) in [6.07, 6.45) is 5.41. The Morgan fingerprint density at radius 3 is 2.21 bits per heavy atom. The van der Waals surface area contributed by atoms with Crippen LogP contribution in [0.2, 0.25) is 0 Å². The minimum Gasteiger partial charge on any atom is -0.465 e. The van der Waals surface area contributed by atoms with Gasteiger partial charge in [-0.1, -0.05) is 60.7 Å². The van der Waals surface area contributed by atoms with E-state index in [1.807, 2.05) is 83.9 Å². The second-order valence-electron chi connectivity index (χ2n) is 5.75. The zero-order valence-electron chi connectivity index (χ0n) is 13.4. The SMILES string of the molecule is O=C(O)N1CN(Cc2ccccc2)C=CC=C1Cc1ccccc1. The second kappa shape index (κ2) is 7.51. The van der Waals surface area contributed by atoms with Crippen molar-refractivity contribution in [2.75, 3.05) is 6.67 Å². The molecule has 0 aliphatic carbocycles. The van der Waals surface area contributed by atoms with E-state index in [9.17, 15) is 9.90 Å². The number of hydrogen-bond donors (Lipinski definition) is 1. The van der Waals surface area contributed by atoms with E-state index in [1.54, 1.807) is 0 Å². The summed E-state index contributed by atoms with van der Waals surface area (Å²) in [6.45, 7) is 0.993. The maximum Gasteiger partial charge on any atom is 0.413 e. The first-order valence-corrected chi connectivity index (χ1v) is 7.92. The Balaban J connectivity index is 1.75. The molecule has 1 aliphatic rings. The smallest absolute Gasteiger partial charge is 0.413 e. The Morgan fingerprint density at radius 2 is 1.58 bits per heavy atom. The molecule has 0 saturated carbocycles. The molecular weight excluding hydrogens is 300 g/mol. The van der Waals surface area contributed by atoms with Crippen LogP contribution in [0.4, 0.5) is 4.79 Å². The van der Waals surface area contributed by atoms with E-state index in [0.717, 1.165) is 16.8 Å². The van der Waals surface area contributed by atoms with Gasteiger partial charge in [0.05, 0.1) is 0 Å². The van der Waals surface area contributed by atoms with E-state index in [2.05, 4.69) is 0 Å². The van der Waals surface area contributed by atoms with Gasteiger partial charge in [-0.25, -0.2) is 4.79 Å². The zero-order valence-corrected chi connectivity index (χ0v) is 13.4. The van der Waals surface area contributed by atoms with Gasteiger partial charge in [-0.05, 0) is 23.3 Å². The maximum atomic E-state index is 11.7. The van der Waals surface area contributed by atoms with Gasteiger partial charge >= 0.3 is 6.09 Å². The van der Waals surface area contributed by atoms with Crippen LogP contribution in [-0.4, -0.2) is 27.7 Å². The largest absolute Gasteiger partial charge is 0.465 e. The van der Waals surface area contributed by atoms with Crippen molar-refractivity contribution in [1.82, 2.24) is 9.80 Å². The summed E-state index contributed by atoms with van der Waals surface area (Å²) < 4.78 is 0. The number of benzene rings is 2. The fourth-order valence-electron chi connectivity index (χ4n) is 2.75. The van der Waals surface area contributed by atoms with Crippen LogP contribution in [0.5, 0.6) is 0 Å². The van der Waals surface area contributed by atoms with Gasteiger partial charge in [0, 0.05) is 24.9 Å². The van der Waals surface area contributed by atoms with Crippen LogP contribution in [0, 0.1) is 0 Å². The first-order valence-electron chi connectivity index (χ1n) is 7.92. The van der Waals surface area contributed by atoms with Gasteiger partial charge < -0.3 is 10.0 Å². The average Bonchev–Trinajstić information content (AvgIpc) is 2.79. The predicted octanol–water partition coefficient (Wildman–Crippen LogP) is 4.08. The lowest BCUT2D eigenvalue weighted by Crippen LogP contribution is -2.37. The second-order valence-corrected chi connectivity index (χ2v) is 5.75. The standard InChI is InChI=1S/C20H20N2O2/c23-20(24)22-16-21(15-18-10-5-2-6-11-18)13-7-12-19(22)14-17-8-3-1-4-9-17/h1-13H,14-16H2,(H,23,24). The molecule has 0 atom stereocenters. The highest BCUT2D eigenvalue weighted by molar-refractivity contribution is 5.68. The molecule has 1 amide bonds. The molecule has 122 valence electrons. The number of amides is 1. The number of nitrogens with zero attached hydrogens (tertiary/aromatic N) is 2. The minimum absolute atomic E-state index is 0.319. The van der Waals surface area contributed by atoms with Crippen molar-refractivity contribution in [2.24, 2.45) is 0 Å². The molecule has 0 fully saturated rings. The summed E-state index contributed by atoms with van der Waals surface area (Å²) in [4.78, 5) is 15.1. The Morgan fingerprint density at radius 1 is 0.958 bits per heavy atom. The van der Waals surface area contributed by atoms with Crippen molar-refractivity contribution < 1.29 is 9.90 Å². The lowest BCUT2D eigenvalue weighted by atomic mass is 10.1. The molecule has 4 nitrogen and oxygen atoms in total. The summed E-state index contributed by atoms with van der Waals surface area (Å²) in [5, 5.41) is 9.63. The van der Waals surface area contributed by atoms with E-state index < -0.39 is 6.09 Å². The molecule has 0 unspecified atom stereocenters. The molecule has 0 radical (unpaired) electrons. The molecular formula is C20H20N2O2. The normalized spacial score (nSPS) is 14.2. The fraction of sp³-hybridized carbons (Fsp3) is 0.150. The molecule has 1 N–H and O–H groups in total. The fourth-order valence-corrected chi connectivity index (χ4v) is 2.75. The summed E-state index contributed by atoms with van der Waals surface area (Å²) in [6, 6.07) is 20.0. The molecule has 0 spiro atoms. The van der Waals surface area contributed by atoms with Crippen LogP contribution in [0.25, 0.3) is 0 Å². The highest BCUT2D eigenvalue weighted by Gasteiger charge is 2.21. The molecule has 24 heavy (non-hydrogen) atoms.